The van der Waals surface area contributed by atoms with E-state index < -0.39 is 11.9 Å². The number of amides is 1. The SMILES string of the molecule is CC(=O)c1cn(C(C)C(N)=O)c2ccccc12. The molecular weight excluding hydrogens is 216 g/mol. The van der Waals surface area contributed by atoms with Gasteiger partial charge < -0.3 is 10.3 Å². The number of benzene rings is 1. The maximum atomic E-state index is 11.5. The summed E-state index contributed by atoms with van der Waals surface area (Å²) in [4.78, 5) is 22.8. The van der Waals surface area contributed by atoms with Crippen molar-refractivity contribution in [1.82, 2.24) is 4.57 Å². The number of carbonyl (C=O) groups is 2. The molecule has 0 spiro atoms. The van der Waals surface area contributed by atoms with Crippen molar-refractivity contribution < 1.29 is 9.59 Å². The van der Waals surface area contributed by atoms with Crippen LogP contribution in [0.4, 0.5) is 0 Å². The molecule has 1 heterocycles. The van der Waals surface area contributed by atoms with Gasteiger partial charge in [-0.05, 0) is 19.9 Å². The summed E-state index contributed by atoms with van der Waals surface area (Å²) in [6.07, 6.45) is 1.70. The number of fused-ring (bicyclic) bond motifs is 1. The first kappa shape index (κ1) is 11.4. The highest BCUT2D eigenvalue weighted by Crippen LogP contribution is 2.24. The van der Waals surface area contributed by atoms with E-state index in [1.807, 2.05) is 24.3 Å². The molecule has 0 aliphatic rings. The number of hydrogen-bond acceptors (Lipinski definition) is 2. The van der Waals surface area contributed by atoms with Crippen LogP contribution in [-0.4, -0.2) is 16.3 Å². The summed E-state index contributed by atoms with van der Waals surface area (Å²) in [6.45, 7) is 3.24. The molecule has 2 N–H and O–H groups in total. The first-order valence-electron chi connectivity index (χ1n) is 5.42. The maximum absolute atomic E-state index is 11.5. The predicted octanol–water partition coefficient (Wildman–Crippen LogP) is 1.89. The van der Waals surface area contributed by atoms with Gasteiger partial charge in [0, 0.05) is 22.7 Å². The lowest BCUT2D eigenvalue weighted by atomic mass is 10.1. The Hall–Kier alpha value is -2.10. The Morgan fingerprint density at radius 2 is 1.94 bits per heavy atom. The molecule has 0 saturated carbocycles. The van der Waals surface area contributed by atoms with Gasteiger partial charge in [0.05, 0.1) is 0 Å². The van der Waals surface area contributed by atoms with Crippen LogP contribution in [0.3, 0.4) is 0 Å². The van der Waals surface area contributed by atoms with Crippen molar-refractivity contribution >= 4 is 22.6 Å². The fourth-order valence-corrected chi connectivity index (χ4v) is 1.94. The number of nitrogens with zero attached hydrogens (tertiary/aromatic N) is 1. The number of rotatable bonds is 3. The summed E-state index contributed by atoms with van der Waals surface area (Å²) < 4.78 is 1.74. The summed E-state index contributed by atoms with van der Waals surface area (Å²) in [5.74, 6) is -0.433. The van der Waals surface area contributed by atoms with Gasteiger partial charge in [0.1, 0.15) is 6.04 Å². The zero-order valence-corrected chi connectivity index (χ0v) is 9.81. The number of carbonyl (C=O) groups excluding carboxylic acids is 2. The van der Waals surface area contributed by atoms with Gasteiger partial charge in [0.2, 0.25) is 5.91 Å². The molecule has 0 saturated heterocycles. The molecular formula is C13H14N2O2. The van der Waals surface area contributed by atoms with E-state index in [2.05, 4.69) is 0 Å². The molecule has 2 aromatic rings. The molecule has 0 aliphatic carbocycles. The zero-order valence-electron chi connectivity index (χ0n) is 9.81. The van der Waals surface area contributed by atoms with Crippen LogP contribution in [0.1, 0.15) is 30.2 Å². The molecule has 17 heavy (non-hydrogen) atoms. The third kappa shape index (κ3) is 1.82. The van der Waals surface area contributed by atoms with Crippen LogP contribution in [0.15, 0.2) is 30.5 Å². The minimum Gasteiger partial charge on any atom is -0.368 e. The summed E-state index contributed by atoms with van der Waals surface area (Å²) in [5, 5.41) is 0.855. The van der Waals surface area contributed by atoms with E-state index in [-0.39, 0.29) is 5.78 Å². The molecule has 1 atom stereocenters. The highest BCUT2D eigenvalue weighted by atomic mass is 16.1. The van der Waals surface area contributed by atoms with Crippen molar-refractivity contribution in [3.05, 3.63) is 36.0 Å². The van der Waals surface area contributed by atoms with Gasteiger partial charge in [0.25, 0.3) is 0 Å². The second-order valence-corrected chi connectivity index (χ2v) is 4.10. The largest absolute Gasteiger partial charge is 0.368 e. The van der Waals surface area contributed by atoms with Gasteiger partial charge in [-0.2, -0.15) is 0 Å². The smallest absolute Gasteiger partial charge is 0.240 e. The molecule has 0 radical (unpaired) electrons. The summed E-state index contributed by atoms with van der Waals surface area (Å²) in [7, 11) is 0. The van der Waals surface area contributed by atoms with Crippen molar-refractivity contribution in [3.8, 4) is 0 Å². The molecule has 0 bridgehead atoms. The quantitative estimate of drug-likeness (QED) is 0.818. The van der Waals surface area contributed by atoms with E-state index in [1.165, 1.54) is 6.92 Å². The van der Waals surface area contributed by atoms with Gasteiger partial charge in [-0.1, -0.05) is 18.2 Å². The Morgan fingerprint density at radius 3 is 2.53 bits per heavy atom. The van der Waals surface area contributed by atoms with Crippen molar-refractivity contribution in [2.45, 2.75) is 19.9 Å². The van der Waals surface area contributed by atoms with Crippen LogP contribution in [0.2, 0.25) is 0 Å². The van der Waals surface area contributed by atoms with E-state index >= 15 is 0 Å². The standard InChI is InChI=1S/C13H14N2O2/c1-8(13(14)17)15-7-11(9(2)16)10-5-3-4-6-12(10)15/h3-8H,1-2H3,(H2,14,17). The molecule has 4 nitrogen and oxygen atoms in total. The Morgan fingerprint density at radius 1 is 1.29 bits per heavy atom. The number of hydrogen-bond donors (Lipinski definition) is 1. The van der Waals surface area contributed by atoms with E-state index in [1.54, 1.807) is 17.7 Å². The van der Waals surface area contributed by atoms with Gasteiger partial charge in [-0.15, -0.1) is 0 Å². The number of para-hydroxylation sites is 1. The fourth-order valence-electron chi connectivity index (χ4n) is 1.94. The normalized spacial score (nSPS) is 12.6. The Kier molecular flexibility index (Phi) is 2.71. The molecule has 1 unspecified atom stereocenters. The topological polar surface area (TPSA) is 65.1 Å². The van der Waals surface area contributed by atoms with Crippen LogP contribution >= 0.6 is 0 Å². The fraction of sp³-hybridized carbons (Fsp3) is 0.231. The van der Waals surface area contributed by atoms with E-state index in [4.69, 9.17) is 5.73 Å². The molecule has 4 heteroatoms. The molecule has 1 aromatic carbocycles. The average molecular weight is 230 g/mol. The average Bonchev–Trinajstić information content (AvgIpc) is 2.67. The Labute approximate surface area is 99.0 Å². The number of primary amides is 1. The number of aromatic nitrogens is 1. The first-order valence-corrected chi connectivity index (χ1v) is 5.42. The van der Waals surface area contributed by atoms with Crippen LogP contribution in [0.25, 0.3) is 10.9 Å². The Balaban J connectivity index is 2.73. The second-order valence-electron chi connectivity index (χ2n) is 4.10. The van der Waals surface area contributed by atoms with Gasteiger partial charge >= 0.3 is 0 Å². The summed E-state index contributed by atoms with van der Waals surface area (Å²) in [6, 6.07) is 7.02. The van der Waals surface area contributed by atoms with Crippen LogP contribution in [-0.2, 0) is 4.79 Å². The minimum atomic E-state index is -0.465. The molecule has 0 fully saturated rings. The Bertz CT molecular complexity index is 598. The van der Waals surface area contributed by atoms with Crippen LogP contribution < -0.4 is 5.73 Å². The predicted molar refractivity (Wildman–Crippen MR) is 65.8 cm³/mol. The molecule has 1 amide bonds. The van der Waals surface area contributed by atoms with E-state index in [0.717, 1.165) is 10.9 Å². The maximum Gasteiger partial charge on any atom is 0.240 e. The highest BCUT2D eigenvalue weighted by Gasteiger charge is 2.17. The van der Waals surface area contributed by atoms with Gasteiger partial charge in [-0.25, -0.2) is 0 Å². The molecule has 2 rings (SSSR count). The zero-order chi connectivity index (χ0) is 12.6. The molecule has 0 aliphatic heterocycles. The van der Waals surface area contributed by atoms with Crippen LogP contribution in [0.5, 0.6) is 0 Å². The van der Waals surface area contributed by atoms with Crippen LogP contribution in [0, 0.1) is 0 Å². The third-order valence-corrected chi connectivity index (χ3v) is 2.95. The number of nitrogens with two attached hydrogens (primary N) is 1. The third-order valence-electron chi connectivity index (χ3n) is 2.95. The second kappa shape index (κ2) is 4.05. The van der Waals surface area contributed by atoms with Crippen molar-refractivity contribution in [2.75, 3.05) is 0 Å². The van der Waals surface area contributed by atoms with Crippen molar-refractivity contribution in [3.63, 3.8) is 0 Å². The van der Waals surface area contributed by atoms with E-state index in [9.17, 15) is 9.59 Å². The van der Waals surface area contributed by atoms with Gasteiger partial charge in [-0.3, -0.25) is 9.59 Å². The molecule has 1 aromatic heterocycles. The highest BCUT2D eigenvalue weighted by molar-refractivity contribution is 6.07. The monoisotopic (exact) mass is 230 g/mol. The molecule has 88 valence electrons. The lowest BCUT2D eigenvalue weighted by Gasteiger charge is -2.10. The van der Waals surface area contributed by atoms with Gasteiger partial charge in [0.15, 0.2) is 5.78 Å². The number of ketones is 1. The van der Waals surface area contributed by atoms with Crippen molar-refractivity contribution in [1.29, 1.82) is 0 Å². The van der Waals surface area contributed by atoms with E-state index in [0.29, 0.717) is 5.56 Å². The minimum absolute atomic E-state index is 0.0170. The number of Topliss-reactive ketones (excluding diaryl/α,β-unsaturated/α-hetero) is 1. The summed E-state index contributed by atoms with van der Waals surface area (Å²) >= 11 is 0. The lowest BCUT2D eigenvalue weighted by Crippen LogP contribution is -2.23. The summed E-state index contributed by atoms with van der Waals surface area (Å²) in [5.41, 5.74) is 6.77. The van der Waals surface area contributed by atoms with Crippen molar-refractivity contribution in [2.24, 2.45) is 5.73 Å². The first-order chi connectivity index (χ1) is 8.02. The lowest BCUT2D eigenvalue weighted by molar-refractivity contribution is -0.120.